The number of nitrogens with two attached hydrogens (primary N) is 1. The Hall–Kier alpha value is -1.76. The zero-order valence-electron chi connectivity index (χ0n) is 8.91. The first-order chi connectivity index (χ1) is 7.79. The molecular formula is C10H11F3N2O2. The second-order valence-electron chi connectivity index (χ2n) is 3.32. The zero-order chi connectivity index (χ0) is 13.1. The van der Waals surface area contributed by atoms with Crippen molar-refractivity contribution in [1.29, 1.82) is 0 Å². The predicted octanol–water partition coefficient (Wildman–Crippen LogP) is 1.87. The number of hydrogen-bond acceptors (Lipinski definition) is 3. The number of halogens is 3. The van der Waals surface area contributed by atoms with E-state index in [0.717, 1.165) is 6.07 Å². The molecule has 7 heteroatoms. The SMILES string of the molecule is C[C@@H](N)C(=O)Nc1ccccc1OC(F)(F)F. The van der Waals surface area contributed by atoms with Gasteiger partial charge in [-0.15, -0.1) is 13.2 Å². The molecule has 0 aliphatic heterocycles. The minimum atomic E-state index is -4.81. The maximum atomic E-state index is 12.1. The van der Waals surface area contributed by atoms with Crippen LogP contribution in [0.15, 0.2) is 24.3 Å². The van der Waals surface area contributed by atoms with Crippen molar-refractivity contribution in [2.45, 2.75) is 19.3 Å². The van der Waals surface area contributed by atoms with Gasteiger partial charge >= 0.3 is 6.36 Å². The van der Waals surface area contributed by atoms with Gasteiger partial charge in [0.2, 0.25) is 5.91 Å². The quantitative estimate of drug-likeness (QED) is 0.858. The molecule has 0 aliphatic carbocycles. The second kappa shape index (κ2) is 5.05. The fraction of sp³-hybridized carbons (Fsp3) is 0.300. The first-order valence-corrected chi connectivity index (χ1v) is 4.71. The first-order valence-electron chi connectivity index (χ1n) is 4.71. The molecule has 94 valence electrons. The lowest BCUT2D eigenvalue weighted by molar-refractivity contribution is -0.274. The molecule has 0 saturated carbocycles. The summed E-state index contributed by atoms with van der Waals surface area (Å²) in [5, 5.41) is 2.24. The molecule has 0 saturated heterocycles. The summed E-state index contributed by atoms with van der Waals surface area (Å²) in [6.07, 6.45) is -4.81. The highest BCUT2D eigenvalue weighted by Crippen LogP contribution is 2.29. The Morgan fingerprint density at radius 3 is 2.53 bits per heavy atom. The van der Waals surface area contributed by atoms with E-state index in [0.29, 0.717) is 0 Å². The number of ether oxygens (including phenoxy) is 1. The van der Waals surface area contributed by atoms with E-state index < -0.39 is 24.1 Å². The highest BCUT2D eigenvalue weighted by atomic mass is 19.4. The van der Waals surface area contributed by atoms with Gasteiger partial charge in [-0.3, -0.25) is 4.79 Å². The van der Waals surface area contributed by atoms with Gasteiger partial charge < -0.3 is 15.8 Å². The number of nitrogens with one attached hydrogen (secondary N) is 1. The molecule has 0 radical (unpaired) electrons. The average molecular weight is 248 g/mol. The van der Waals surface area contributed by atoms with Gasteiger partial charge in [0.25, 0.3) is 0 Å². The summed E-state index contributed by atoms with van der Waals surface area (Å²) in [7, 11) is 0. The van der Waals surface area contributed by atoms with Gasteiger partial charge in [0.1, 0.15) is 0 Å². The van der Waals surface area contributed by atoms with Crippen LogP contribution in [0, 0.1) is 0 Å². The molecule has 1 aromatic carbocycles. The second-order valence-corrected chi connectivity index (χ2v) is 3.32. The Morgan fingerprint density at radius 1 is 1.41 bits per heavy atom. The Morgan fingerprint density at radius 2 is 2.00 bits per heavy atom. The van der Waals surface area contributed by atoms with Crippen molar-refractivity contribution in [2.24, 2.45) is 5.73 Å². The van der Waals surface area contributed by atoms with Crippen LogP contribution in [0.3, 0.4) is 0 Å². The van der Waals surface area contributed by atoms with Crippen LogP contribution in [0.1, 0.15) is 6.92 Å². The third kappa shape index (κ3) is 4.31. The molecule has 3 N–H and O–H groups in total. The van der Waals surface area contributed by atoms with Gasteiger partial charge in [0, 0.05) is 0 Å². The van der Waals surface area contributed by atoms with Gasteiger partial charge in [0.05, 0.1) is 11.7 Å². The maximum absolute atomic E-state index is 12.1. The maximum Gasteiger partial charge on any atom is 0.573 e. The minimum Gasteiger partial charge on any atom is -0.404 e. The van der Waals surface area contributed by atoms with Gasteiger partial charge in [-0.05, 0) is 19.1 Å². The van der Waals surface area contributed by atoms with Crippen molar-refractivity contribution in [3.05, 3.63) is 24.3 Å². The molecule has 1 atom stereocenters. The molecule has 17 heavy (non-hydrogen) atoms. The molecule has 0 spiro atoms. The number of rotatable bonds is 3. The third-order valence-corrected chi connectivity index (χ3v) is 1.78. The van der Waals surface area contributed by atoms with Gasteiger partial charge in [0.15, 0.2) is 5.75 Å². The lowest BCUT2D eigenvalue weighted by Gasteiger charge is -2.14. The number of amides is 1. The summed E-state index contributed by atoms with van der Waals surface area (Å²) in [6.45, 7) is 1.42. The number of para-hydroxylation sites is 2. The molecule has 0 aromatic heterocycles. The van der Waals surface area contributed by atoms with Crippen LogP contribution in [0.2, 0.25) is 0 Å². The normalized spacial score (nSPS) is 13.0. The van der Waals surface area contributed by atoms with Crippen LogP contribution in [-0.4, -0.2) is 18.3 Å². The monoisotopic (exact) mass is 248 g/mol. The summed E-state index contributed by atoms with van der Waals surface area (Å²) < 4.78 is 39.9. The van der Waals surface area contributed by atoms with Crippen molar-refractivity contribution in [3.8, 4) is 5.75 Å². The third-order valence-electron chi connectivity index (χ3n) is 1.78. The Bertz CT molecular complexity index is 405. The smallest absolute Gasteiger partial charge is 0.404 e. The van der Waals surface area contributed by atoms with E-state index in [-0.39, 0.29) is 5.69 Å². The number of carbonyl (C=O) groups excluding carboxylic acids is 1. The molecule has 0 aliphatic rings. The van der Waals surface area contributed by atoms with Crippen molar-refractivity contribution in [2.75, 3.05) is 5.32 Å². The van der Waals surface area contributed by atoms with Crippen LogP contribution in [0.5, 0.6) is 5.75 Å². The Balaban J connectivity index is 2.89. The molecule has 1 rings (SSSR count). The minimum absolute atomic E-state index is 0.0767. The van der Waals surface area contributed by atoms with Crippen LogP contribution < -0.4 is 15.8 Å². The average Bonchev–Trinajstić information content (AvgIpc) is 2.18. The molecule has 1 aromatic rings. The van der Waals surface area contributed by atoms with Crippen molar-refractivity contribution >= 4 is 11.6 Å². The zero-order valence-corrected chi connectivity index (χ0v) is 8.91. The molecule has 1 amide bonds. The molecule has 4 nitrogen and oxygen atoms in total. The van der Waals surface area contributed by atoms with E-state index in [1.165, 1.54) is 25.1 Å². The molecule has 0 heterocycles. The van der Waals surface area contributed by atoms with E-state index >= 15 is 0 Å². The van der Waals surface area contributed by atoms with Crippen LogP contribution >= 0.6 is 0 Å². The molecule has 0 fully saturated rings. The van der Waals surface area contributed by atoms with Crippen molar-refractivity contribution in [3.63, 3.8) is 0 Å². The van der Waals surface area contributed by atoms with Gasteiger partial charge in [-0.1, -0.05) is 12.1 Å². The van der Waals surface area contributed by atoms with E-state index in [2.05, 4.69) is 10.1 Å². The fourth-order valence-corrected chi connectivity index (χ4v) is 1.03. The van der Waals surface area contributed by atoms with Crippen LogP contribution in [0.25, 0.3) is 0 Å². The Kier molecular flexibility index (Phi) is 3.95. The summed E-state index contributed by atoms with van der Waals surface area (Å²) in [6, 6.07) is 4.41. The lowest BCUT2D eigenvalue weighted by Crippen LogP contribution is -2.32. The van der Waals surface area contributed by atoms with E-state index in [9.17, 15) is 18.0 Å². The van der Waals surface area contributed by atoms with E-state index in [4.69, 9.17) is 5.73 Å². The first kappa shape index (κ1) is 13.3. The van der Waals surface area contributed by atoms with Gasteiger partial charge in [-0.25, -0.2) is 0 Å². The van der Waals surface area contributed by atoms with E-state index in [1.54, 1.807) is 0 Å². The number of hydrogen-bond donors (Lipinski definition) is 2. The fourth-order valence-electron chi connectivity index (χ4n) is 1.03. The van der Waals surface area contributed by atoms with Crippen molar-refractivity contribution in [1.82, 2.24) is 0 Å². The van der Waals surface area contributed by atoms with Crippen LogP contribution in [-0.2, 0) is 4.79 Å². The van der Waals surface area contributed by atoms with Gasteiger partial charge in [-0.2, -0.15) is 0 Å². The summed E-state index contributed by atoms with van der Waals surface area (Å²) in [5.74, 6) is -1.07. The van der Waals surface area contributed by atoms with E-state index in [1.807, 2.05) is 0 Å². The topological polar surface area (TPSA) is 64.4 Å². The number of benzene rings is 1. The summed E-state index contributed by atoms with van der Waals surface area (Å²) in [4.78, 5) is 11.3. The molecular weight excluding hydrogens is 237 g/mol. The molecule has 0 unspecified atom stereocenters. The lowest BCUT2D eigenvalue weighted by atomic mass is 10.2. The standard InChI is InChI=1S/C10H11F3N2O2/c1-6(14)9(16)15-7-4-2-3-5-8(7)17-10(11,12)13/h2-6H,14H2,1H3,(H,15,16)/t6-/m1/s1. The van der Waals surface area contributed by atoms with Crippen LogP contribution in [0.4, 0.5) is 18.9 Å². The van der Waals surface area contributed by atoms with Crippen molar-refractivity contribution < 1.29 is 22.7 Å². The summed E-state index contributed by atoms with van der Waals surface area (Å²) >= 11 is 0. The molecule has 0 bridgehead atoms. The largest absolute Gasteiger partial charge is 0.573 e. The number of carbonyl (C=O) groups is 1. The number of anilines is 1. The predicted molar refractivity (Wildman–Crippen MR) is 55.4 cm³/mol. The highest BCUT2D eigenvalue weighted by Gasteiger charge is 2.32. The Labute approximate surface area is 95.6 Å². The highest BCUT2D eigenvalue weighted by molar-refractivity contribution is 5.95. The number of alkyl halides is 3. The summed E-state index contributed by atoms with van der Waals surface area (Å²) in [5.41, 5.74) is 5.21.